The number of ether oxygens (including phenoxy) is 1. The minimum Gasteiger partial charge on any atom is -0.448 e. The summed E-state index contributed by atoms with van der Waals surface area (Å²) in [5.41, 5.74) is 5.69. The fraction of sp³-hybridized carbons (Fsp3) is 0.185. The second-order valence-corrected chi connectivity index (χ2v) is 8.37. The van der Waals surface area contributed by atoms with Crippen molar-refractivity contribution in [2.75, 3.05) is 11.9 Å². The van der Waals surface area contributed by atoms with Crippen molar-refractivity contribution < 1.29 is 28.8 Å². The van der Waals surface area contributed by atoms with Gasteiger partial charge in [0, 0.05) is 24.4 Å². The summed E-state index contributed by atoms with van der Waals surface area (Å²) in [5, 5.41) is 3.21. The number of rotatable bonds is 6. The van der Waals surface area contributed by atoms with Gasteiger partial charge in [-0.25, -0.2) is 9.59 Å². The van der Waals surface area contributed by atoms with Crippen LogP contribution in [0.15, 0.2) is 72.8 Å². The smallest absolute Gasteiger partial charge is 0.411 e. The minimum atomic E-state index is -0.717. The molecule has 0 atom stereocenters. The standard InChI is InChI=1S/C27H22N2O6/c30-24-13-14-25(31)29(24)35-26(32)15-17-9-11-18(12-10-17)28-27(33)34-16-23-21-7-3-1-5-19(21)20-6-2-4-8-22(20)23/h1-12,23H,13-16H2,(H,28,33). The second-order valence-electron chi connectivity index (χ2n) is 8.37. The van der Waals surface area contributed by atoms with Gasteiger partial charge in [-0.2, -0.15) is 0 Å². The molecule has 0 unspecified atom stereocenters. The largest absolute Gasteiger partial charge is 0.448 e. The van der Waals surface area contributed by atoms with Crippen LogP contribution >= 0.6 is 0 Å². The predicted molar refractivity (Wildman–Crippen MR) is 126 cm³/mol. The van der Waals surface area contributed by atoms with E-state index in [0.29, 0.717) is 16.3 Å². The van der Waals surface area contributed by atoms with E-state index >= 15 is 0 Å². The Morgan fingerprint density at radius 2 is 1.40 bits per heavy atom. The lowest BCUT2D eigenvalue weighted by molar-refractivity contribution is -0.197. The summed E-state index contributed by atoms with van der Waals surface area (Å²) < 4.78 is 5.54. The number of amides is 3. The number of hydrogen-bond donors (Lipinski definition) is 1. The van der Waals surface area contributed by atoms with Crippen molar-refractivity contribution in [1.29, 1.82) is 0 Å². The van der Waals surface area contributed by atoms with Gasteiger partial charge in [-0.1, -0.05) is 60.7 Å². The van der Waals surface area contributed by atoms with Gasteiger partial charge in [-0.3, -0.25) is 14.9 Å². The highest BCUT2D eigenvalue weighted by Crippen LogP contribution is 2.44. The van der Waals surface area contributed by atoms with E-state index < -0.39 is 23.9 Å². The number of anilines is 1. The third kappa shape index (κ3) is 4.63. The molecule has 1 saturated heterocycles. The van der Waals surface area contributed by atoms with Crippen molar-refractivity contribution >= 4 is 29.6 Å². The summed E-state index contributed by atoms with van der Waals surface area (Å²) in [6, 6.07) is 22.8. The monoisotopic (exact) mass is 470 g/mol. The molecule has 3 aromatic rings. The molecular formula is C27H22N2O6. The van der Waals surface area contributed by atoms with Crippen LogP contribution in [0.25, 0.3) is 11.1 Å². The molecule has 1 aliphatic carbocycles. The SMILES string of the molecule is O=C(Cc1ccc(NC(=O)OCC2c3ccccc3-c3ccccc32)cc1)ON1C(=O)CCC1=O. The topological polar surface area (TPSA) is 102 Å². The molecule has 1 fully saturated rings. The Morgan fingerprint density at radius 1 is 0.829 bits per heavy atom. The number of hydrogen-bond acceptors (Lipinski definition) is 6. The number of carbonyl (C=O) groups excluding carboxylic acids is 4. The molecule has 0 spiro atoms. The molecule has 8 nitrogen and oxygen atoms in total. The molecule has 1 heterocycles. The Kier molecular flexibility index (Phi) is 6.01. The number of fused-ring (bicyclic) bond motifs is 3. The van der Waals surface area contributed by atoms with E-state index in [1.54, 1.807) is 24.3 Å². The quantitative estimate of drug-likeness (QED) is 0.542. The van der Waals surface area contributed by atoms with Crippen molar-refractivity contribution in [3.63, 3.8) is 0 Å². The van der Waals surface area contributed by atoms with Gasteiger partial charge in [-0.15, -0.1) is 5.06 Å². The molecule has 0 aromatic heterocycles. The summed E-state index contributed by atoms with van der Waals surface area (Å²) in [5.74, 6) is -1.79. The Labute approximate surface area is 201 Å². The highest BCUT2D eigenvalue weighted by molar-refractivity contribution is 6.01. The highest BCUT2D eigenvalue weighted by Gasteiger charge is 2.33. The van der Waals surface area contributed by atoms with Crippen LogP contribution in [-0.4, -0.2) is 35.5 Å². The number of nitrogens with zero attached hydrogens (tertiary/aromatic N) is 1. The van der Waals surface area contributed by atoms with Crippen molar-refractivity contribution in [3.8, 4) is 11.1 Å². The maximum Gasteiger partial charge on any atom is 0.411 e. The minimum absolute atomic E-state index is 0.0316. The Bertz CT molecular complexity index is 1260. The molecule has 3 aromatic carbocycles. The molecule has 5 rings (SSSR count). The molecule has 0 saturated carbocycles. The van der Waals surface area contributed by atoms with Crippen molar-refractivity contribution in [1.82, 2.24) is 5.06 Å². The Morgan fingerprint density at radius 3 is 2.00 bits per heavy atom. The van der Waals surface area contributed by atoms with Crippen LogP contribution in [0.2, 0.25) is 0 Å². The lowest BCUT2D eigenvalue weighted by Crippen LogP contribution is -2.32. The average molecular weight is 470 g/mol. The first-order valence-electron chi connectivity index (χ1n) is 11.3. The van der Waals surface area contributed by atoms with Crippen LogP contribution in [-0.2, 0) is 30.4 Å². The fourth-order valence-electron chi connectivity index (χ4n) is 4.42. The first-order chi connectivity index (χ1) is 17.0. The molecule has 0 radical (unpaired) electrons. The van der Waals surface area contributed by atoms with Crippen LogP contribution in [0.4, 0.5) is 10.5 Å². The van der Waals surface area contributed by atoms with Gasteiger partial charge in [0.2, 0.25) is 0 Å². The molecule has 35 heavy (non-hydrogen) atoms. The number of nitrogens with one attached hydrogen (secondary N) is 1. The lowest BCUT2D eigenvalue weighted by Gasteiger charge is -2.15. The number of carbonyl (C=O) groups is 4. The van der Waals surface area contributed by atoms with Crippen molar-refractivity contribution in [2.45, 2.75) is 25.2 Å². The van der Waals surface area contributed by atoms with E-state index in [4.69, 9.17) is 9.57 Å². The number of hydroxylamine groups is 2. The van der Waals surface area contributed by atoms with E-state index in [9.17, 15) is 19.2 Å². The van der Waals surface area contributed by atoms with Crippen molar-refractivity contribution in [3.05, 3.63) is 89.5 Å². The Balaban J connectivity index is 1.15. The molecule has 8 heteroatoms. The van der Waals surface area contributed by atoms with Crippen LogP contribution in [0.3, 0.4) is 0 Å². The molecular weight excluding hydrogens is 448 g/mol. The Hall–Kier alpha value is -4.46. The van der Waals surface area contributed by atoms with E-state index in [2.05, 4.69) is 29.6 Å². The maximum absolute atomic E-state index is 12.4. The van der Waals surface area contributed by atoms with E-state index in [1.807, 2.05) is 24.3 Å². The third-order valence-electron chi connectivity index (χ3n) is 6.09. The molecule has 0 bridgehead atoms. The zero-order valence-electron chi connectivity index (χ0n) is 18.7. The van der Waals surface area contributed by atoms with Crippen LogP contribution in [0.1, 0.15) is 35.4 Å². The first-order valence-corrected chi connectivity index (χ1v) is 11.3. The second kappa shape index (κ2) is 9.42. The molecule has 2 aliphatic rings. The van der Waals surface area contributed by atoms with Gasteiger partial charge in [-0.05, 0) is 39.9 Å². The summed E-state index contributed by atoms with van der Waals surface area (Å²) in [6.07, 6.45) is -0.613. The van der Waals surface area contributed by atoms with Gasteiger partial charge in [0.1, 0.15) is 6.61 Å². The van der Waals surface area contributed by atoms with E-state index in [1.165, 1.54) is 0 Å². The van der Waals surface area contributed by atoms with Gasteiger partial charge >= 0.3 is 12.1 Å². The van der Waals surface area contributed by atoms with Gasteiger partial charge in [0.05, 0.1) is 6.42 Å². The molecule has 1 N–H and O–H groups in total. The van der Waals surface area contributed by atoms with Gasteiger partial charge in [0.25, 0.3) is 11.8 Å². The number of imide groups is 1. The summed E-state index contributed by atoms with van der Waals surface area (Å²) in [7, 11) is 0. The fourth-order valence-corrected chi connectivity index (χ4v) is 4.42. The van der Waals surface area contributed by atoms with Crippen LogP contribution < -0.4 is 5.32 Å². The lowest BCUT2D eigenvalue weighted by atomic mass is 9.98. The molecule has 176 valence electrons. The predicted octanol–water partition coefficient (Wildman–Crippen LogP) is 4.20. The van der Waals surface area contributed by atoms with Crippen LogP contribution in [0.5, 0.6) is 0 Å². The number of benzene rings is 3. The third-order valence-corrected chi connectivity index (χ3v) is 6.09. The summed E-state index contributed by atoms with van der Waals surface area (Å²) in [4.78, 5) is 52.5. The van der Waals surface area contributed by atoms with Gasteiger partial charge < -0.3 is 9.57 Å². The zero-order chi connectivity index (χ0) is 24.4. The average Bonchev–Trinajstić information content (AvgIpc) is 3.36. The normalized spacial score (nSPS) is 14.5. The van der Waals surface area contributed by atoms with Crippen molar-refractivity contribution in [2.24, 2.45) is 0 Å². The molecule has 1 aliphatic heterocycles. The first kappa shape index (κ1) is 22.3. The van der Waals surface area contributed by atoms with Crippen LogP contribution in [0, 0.1) is 0 Å². The van der Waals surface area contributed by atoms with Gasteiger partial charge in [0.15, 0.2) is 0 Å². The maximum atomic E-state index is 12.4. The molecule has 3 amide bonds. The highest BCUT2D eigenvalue weighted by atomic mass is 16.7. The zero-order valence-corrected chi connectivity index (χ0v) is 18.7. The van der Waals surface area contributed by atoms with E-state index in [0.717, 1.165) is 22.3 Å². The summed E-state index contributed by atoms with van der Waals surface area (Å²) >= 11 is 0. The van der Waals surface area contributed by atoms with E-state index in [-0.39, 0.29) is 31.8 Å². The summed E-state index contributed by atoms with van der Waals surface area (Å²) in [6.45, 7) is 0.206.